The number of carbonyl (C=O) groups is 2. The number of benzene rings is 2. The lowest BCUT2D eigenvalue weighted by Crippen LogP contribution is -2.25. The van der Waals surface area contributed by atoms with Crippen LogP contribution in [0.5, 0.6) is 17.2 Å². The van der Waals surface area contributed by atoms with Gasteiger partial charge in [0.2, 0.25) is 5.78 Å². The van der Waals surface area contributed by atoms with Crippen molar-refractivity contribution in [2.75, 3.05) is 21.2 Å². The molecule has 1 amide bonds. The number of ether oxygens (including phenoxy) is 3. The van der Waals surface area contributed by atoms with Crippen LogP contribution in [-0.2, 0) is 0 Å². The third kappa shape index (κ3) is 3.47. The summed E-state index contributed by atoms with van der Waals surface area (Å²) in [5.41, 5.74) is 1.26. The van der Waals surface area contributed by atoms with E-state index in [2.05, 4.69) is 0 Å². The van der Waals surface area contributed by atoms with Crippen LogP contribution in [0.1, 0.15) is 15.9 Å². The van der Waals surface area contributed by atoms with Gasteiger partial charge in [-0.1, -0.05) is 12.1 Å². The first-order valence-electron chi connectivity index (χ1n) is 7.59. The van der Waals surface area contributed by atoms with Gasteiger partial charge in [0.05, 0.1) is 12.7 Å². The minimum atomic E-state index is -0.454. The minimum absolute atomic E-state index is 0.180. The van der Waals surface area contributed by atoms with Crippen molar-refractivity contribution in [3.63, 3.8) is 0 Å². The van der Waals surface area contributed by atoms with E-state index in [1.807, 2.05) is 0 Å². The van der Waals surface area contributed by atoms with Crippen molar-refractivity contribution >= 4 is 18.0 Å². The second-order valence-corrected chi connectivity index (χ2v) is 5.63. The molecule has 3 rings (SSSR count). The molecule has 1 heterocycles. The van der Waals surface area contributed by atoms with E-state index in [0.29, 0.717) is 22.8 Å². The molecule has 0 aliphatic carbocycles. The van der Waals surface area contributed by atoms with E-state index in [9.17, 15) is 9.59 Å². The molecule has 0 N–H and O–H groups in total. The molecule has 1 aliphatic rings. The van der Waals surface area contributed by atoms with E-state index >= 15 is 0 Å². The summed E-state index contributed by atoms with van der Waals surface area (Å²) in [6.07, 6.45) is 1.19. The standard InChI is InChI=1S/C19H17NO5/c1-20(2)19(22)24-13-6-4-12(5-7-13)10-17-18(21)15-9-8-14(23-3)11-16(15)25-17/h4-11H,1-3H3/b17-10+. The molecule has 1 aliphatic heterocycles. The Labute approximate surface area is 145 Å². The molecular weight excluding hydrogens is 322 g/mol. The maximum atomic E-state index is 12.4. The van der Waals surface area contributed by atoms with Crippen LogP contribution < -0.4 is 14.2 Å². The van der Waals surface area contributed by atoms with Gasteiger partial charge in [-0.15, -0.1) is 0 Å². The van der Waals surface area contributed by atoms with Crippen LogP contribution in [0.3, 0.4) is 0 Å². The topological polar surface area (TPSA) is 65.1 Å². The number of ketones is 1. The number of rotatable bonds is 3. The Morgan fingerprint density at radius 1 is 1.08 bits per heavy atom. The van der Waals surface area contributed by atoms with Crippen molar-refractivity contribution in [1.82, 2.24) is 4.90 Å². The number of allylic oxidation sites excluding steroid dienone is 1. The fourth-order valence-electron chi connectivity index (χ4n) is 2.27. The maximum absolute atomic E-state index is 12.4. The van der Waals surface area contributed by atoms with Crippen LogP contribution in [0.4, 0.5) is 4.79 Å². The van der Waals surface area contributed by atoms with Crippen LogP contribution in [0.25, 0.3) is 6.08 Å². The largest absolute Gasteiger partial charge is 0.497 e. The Morgan fingerprint density at radius 3 is 2.40 bits per heavy atom. The van der Waals surface area contributed by atoms with Crippen LogP contribution in [0, 0.1) is 0 Å². The summed E-state index contributed by atoms with van der Waals surface area (Å²) in [5, 5.41) is 0. The van der Waals surface area contributed by atoms with Crippen LogP contribution in [0.15, 0.2) is 48.2 Å². The van der Waals surface area contributed by atoms with Gasteiger partial charge in [-0.25, -0.2) is 4.79 Å². The SMILES string of the molecule is COc1ccc2c(c1)O/C(=C/c1ccc(OC(=O)N(C)C)cc1)C2=O. The minimum Gasteiger partial charge on any atom is -0.497 e. The molecule has 2 aromatic carbocycles. The monoisotopic (exact) mass is 339 g/mol. The number of hydrogen-bond acceptors (Lipinski definition) is 5. The normalized spacial score (nSPS) is 14.0. The van der Waals surface area contributed by atoms with Crippen molar-refractivity contribution < 1.29 is 23.8 Å². The Bertz CT molecular complexity index is 853. The van der Waals surface area contributed by atoms with E-state index in [-0.39, 0.29) is 11.5 Å². The quantitative estimate of drug-likeness (QED) is 0.802. The second-order valence-electron chi connectivity index (χ2n) is 5.63. The highest BCUT2D eigenvalue weighted by Crippen LogP contribution is 2.34. The van der Waals surface area contributed by atoms with Gasteiger partial charge in [-0.2, -0.15) is 0 Å². The van der Waals surface area contributed by atoms with Crippen LogP contribution in [0.2, 0.25) is 0 Å². The van der Waals surface area contributed by atoms with Gasteiger partial charge >= 0.3 is 6.09 Å². The first-order chi connectivity index (χ1) is 12.0. The predicted octanol–water partition coefficient (Wildman–Crippen LogP) is 3.37. The first-order valence-corrected chi connectivity index (χ1v) is 7.59. The van der Waals surface area contributed by atoms with Crippen molar-refractivity contribution in [3.05, 3.63) is 59.4 Å². The number of fused-ring (bicyclic) bond motifs is 1. The lowest BCUT2D eigenvalue weighted by molar-refractivity contribution is 0.101. The van der Waals surface area contributed by atoms with Gasteiger partial charge in [-0.3, -0.25) is 4.79 Å². The van der Waals surface area contributed by atoms with Gasteiger partial charge in [-0.05, 0) is 35.9 Å². The number of carbonyl (C=O) groups excluding carboxylic acids is 2. The summed E-state index contributed by atoms with van der Waals surface area (Å²) < 4.78 is 15.9. The van der Waals surface area contributed by atoms with Gasteiger partial charge in [0.1, 0.15) is 17.2 Å². The summed E-state index contributed by atoms with van der Waals surface area (Å²) >= 11 is 0. The lowest BCUT2D eigenvalue weighted by atomic mass is 10.1. The Hall–Kier alpha value is -3.28. The highest BCUT2D eigenvalue weighted by Gasteiger charge is 2.27. The average molecular weight is 339 g/mol. The highest BCUT2D eigenvalue weighted by atomic mass is 16.6. The van der Waals surface area contributed by atoms with Crippen molar-refractivity contribution in [1.29, 1.82) is 0 Å². The predicted molar refractivity (Wildman–Crippen MR) is 92.1 cm³/mol. The Balaban J connectivity index is 1.78. The van der Waals surface area contributed by atoms with Crippen LogP contribution >= 0.6 is 0 Å². The fourth-order valence-corrected chi connectivity index (χ4v) is 2.27. The third-order valence-electron chi connectivity index (χ3n) is 3.63. The number of amides is 1. The molecule has 0 aromatic heterocycles. The van der Waals surface area contributed by atoms with Crippen molar-refractivity contribution in [2.45, 2.75) is 0 Å². The number of hydrogen-bond donors (Lipinski definition) is 0. The molecule has 25 heavy (non-hydrogen) atoms. The molecule has 0 saturated carbocycles. The van der Waals surface area contributed by atoms with Crippen molar-refractivity contribution in [2.24, 2.45) is 0 Å². The Kier molecular flexibility index (Phi) is 4.43. The van der Waals surface area contributed by atoms with Crippen molar-refractivity contribution in [3.8, 4) is 17.2 Å². The zero-order chi connectivity index (χ0) is 18.0. The molecule has 128 valence electrons. The molecule has 0 spiro atoms. The molecule has 6 heteroatoms. The highest BCUT2D eigenvalue weighted by molar-refractivity contribution is 6.14. The lowest BCUT2D eigenvalue weighted by Gasteiger charge is -2.10. The van der Waals surface area contributed by atoms with Gasteiger partial charge in [0, 0.05) is 20.2 Å². The number of Topliss-reactive ketones (excluding diaryl/α,β-unsaturated/α-hetero) is 1. The molecule has 0 atom stereocenters. The molecular formula is C19H17NO5. The van der Waals surface area contributed by atoms with E-state index in [0.717, 1.165) is 5.56 Å². The molecule has 0 bridgehead atoms. The Morgan fingerprint density at radius 2 is 1.76 bits per heavy atom. The maximum Gasteiger partial charge on any atom is 0.414 e. The molecule has 0 radical (unpaired) electrons. The van der Waals surface area contributed by atoms with E-state index in [1.165, 1.54) is 4.90 Å². The van der Waals surface area contributed by atoms with Gasteiger partial charge in [0.25, 0.3) is 0 Å². The van der Waals surface area contributed by atoms with Gasteiger partial charge in [0.15, 0.2) is 5.76 Å². The summed E-state index contributed by atoms with van der Waals surface area (Å²) in [5.74, 6) is 1.58. The van der Waals surface area contributed by atoms with Crippen LogP contribution in [-0.4, -0.2) is 38.0 Å². The summed E-state index contributed by atoms with van der Waals surface area (Å²) in [6, 6.07) is 11.9. The second kappa shape index (κ2) is 6.68. The smallest absolute Gasteiger partial charge is 0.414 e. The first kappa shape index (κ1) is 16.6. The zero-order valence-corrected chi connectivity index (χ0v) is 14.1. The van der Waals surface area contributed by atoms with E-state index in [1.54, 1.807) is 69.7 Å². The van der Waals surface area contributed by atoms with E-state index < -0.39 is 6.09 Å². The van der Waals surface area contributed by atoms with E-state index in [4.69, 9.17) is 14.2 Å². The third-order valence-corrected chi connectivity index (χ3v) is 3.63. The fraction of sp³-hybridized carbons (Fsp3) is 0.158. The summed E-state index contributed by atoms with van der Waals surface area (Å²) in [6.45, 7) is 0. The molecule has 2 aromatic rings. The summed E-state index contributed by atoms with van der Waals surface area (Å²) in [4.78, 5) is 25.2. The molecule has 6 nitrogen and oxygen atoms in total. The summed E-state index contributed by atoms with van der Waals surface area (Å²) in [7, 11) is 4.77. The molecule has 0 fully saturated rings. The number of nitrogens with zero attached hydrogens (tertiary/aromatic N) is 1. The average Bonchev–Trinajstić information content (AvgIpc) is 2.91. The molecule has 0 saturated heterocycles. The molecule has 0 unspecified atom stereocenters. The zero-order valence-electron chi connectivity index (χ0n) is 14.1. The number of methoxy groups -OCH3 is 1. The van der Waals surface area contributed by atoms with Gasteiger partial charge < -0.3 is 19.1 Å².